The number of aromatic nitrogens is 2. The first-order valence-electron chi connectivity index (χ1n) is 6.28. The van der Waals surface area contributed by atoms with Crippen molar-refractivity contribution in [3.05, 3.63) is 17.1 Å². The fourth-order valence-electron chi connectivity index (χ4n) is 1.58. The molecule has 6 nitrogen and oxygen atoms in total. The minimum Gasteiger partial charge on any atom is -0.478 e. The van der Waals surface area contributed by atoms with Gasteiger partial charge in [-0.25, -0.2) is 14.8 Å². The standard InChI is InChI=1S/C13H19N3O3S/c1-6(2)10-15-7(3)9(13(18)19)12(16-10)20-8(4)11(17)14-5/h6,8H,1-5H3,(H,14,17)(H,18,19). The predicted octanol–water partition coefficient (Wildman–Crippen LogP) is 1.83. The number of hydrogen-bond acceptors (Lipinski definition) is 5. The van der Waals surface area contributed by atoms with Crippen molar-refractivity contribution in [1.29, 1.82) is 0 Å². The Balaban J connectivity index is 3.26. The average molecular weight is 297 g/mol. The number of aromatic carboxylic acids is 1. The summed E-state index contributed by atoms with van der Waals surface area (Å²) in [6.07, 6.45) is 0. The number of carbonyl (C=O) groups excluding carboxylic acids is 1. The summed E-state index contributed by atoms with van der Waals surface area (Å²) in [4.78, 5) is 31.5. The minimum atomic E-state index is -1.08. The van der Waals surface area contributed by atoms with Gasteiger partial charge in [0.1, 0.15) is 16.4 Å². The van der Waals surface area contributed by atoms with Gasteiger partial charge in [-0.15, -0.1) is 0 Å². The van der Waals surface area contributed by atoms with Crippen LogP contribution in [0, 0.1) is 6.92 Å². The number of amides is 1. The summed E-state index contributed by atoms with van der Waals surface area (Å²) in [6, 6.07) is 0. The highest BCUT2D eigenvalue weighted by molar-refractivity contribution is 8.00. The third-order valence-electron chi connectivity index (χ3n) is 2.71. The van der Waals surface area contributed by atoms with Crippen molar-refractivity contribution in [2.45, 2.75) is 43.9 Å². The summed E-state index contributed by atoms with van der Waals surface area (Å²) in [5, 5.41) is 11.7. The Kier molecular flexibility index (Phi) is 5.50. The molecule has 1 unspecified atom stereocenters. The van der Waals surface area contributed by atoms with Crippen LogP contribution in [0.25, 0.3) is 0 Å². The number of carboxylic acids is 1. The third kappa shape index (κ3) is 3.69. The molecule has 0 bridgehead atoms. The molecule has 0 radical (unpaired) electrons. The van der Waals surface area contributed by atoms with E-state index in [1.165, 1.54) is 0 Å². The smallest absolute Gasteiger partial charge is 0.340 e. The lowest BCUT2D eigenvalue weighted by atomic mass is 10.2. The van der Waals surface area contributed by atoms with Gasteiger partial charge >= 0.3 is 5.97 Å². The molecule has 1 aromatic rings. The van der Waals surface area contributed by atoms with E-state index in [4.69, 9.17) is 0 Å². The van der Waals surface area contributed by atoms with Crippen molar-refractivity contribution in [2.75, 3.05) is 7.05 Å². The summed E-state index contributed by atoms with van der Waals surface area (Å²) in [6.45, 7) is 7.23. The number of thioether (sulfide) groups is 1. The molecule has 20 heavy (non-hydrogen) atoms. The molecule has 7 heteroatoms. The van der Waals surface area contributed by atoms with Crippen molar-refractivity contribution < 1.29 is 14.7 Å². The van der Waals surface area contributed by atoms with Crippen molar-refractivity contribution in [1.82, 2.24) is 15.3 Å². The van der Waals surface area contributed by atoms with Crippen LogP contribution >= 0.6 is 11.8 Å². The molecule has 0 spiro atoms. The van der Waals surface area contributed by atoms with Crippen LogP contribution in [0.2, 0.25) is 0 Å². The summed E-state index contributed by atoms with van der Waals surface area (Å²) in [5.74, 6) is -0.580. The van der Waals surface area contributed by atoms with E-state index >= 15 is 0 Å². The van der Waals surface area contributed by atoms with Gasteiger partial charge in [-0.2, -0.15) is 0 Å². The molecule has 0 aliphatic carbocycles. The molecule has 0 aromatic carbocycles. The lowest BCUT2D eigenvalue weighted by molar-refractivity contribution is -0.119. The third-order valence-corrected chi connectivity index (χ3v) is 3.79. The Hall–Kier alpha value is -1.63. The van der Waals surface area contributed by atoms with Crippen LogP contribution in [0.15, 0.2) is 5.03 Å². The number of rotatable bonds is 5. The van der Waals surface area contributed by atoms with E-state index in [0.29, 0.717) is 16.5 Å². The normalized spacial score (nSPS) is 12.3. The largest absolute Gasteiger partial charge is 0.478 e. The maximum absolute atomic E-state index is 11.6. The van der Waals surface area contributed by atoms with Gasteiger partial charge in [-0.1, -0.05) is 25.6 Å². The van der Waals surface area contributed by atoms with E-state index in [9.17, 15) is 14.7 Å². The summed E-state index contributed by atoms with van der Waals surface area (Å²) in [5.41, 5.74) is 0.484. The van der Waals surface area contributed by atoms with Gasteiger partial charge in [0.25, 0.3) is 0 Å². The first kappa shape index (κ1) is 16.4. The molecule has 0 aliphatic heterocycles. The van der Waals surface area contributed by atoms with E-state index < -0.39 is 11.2 Å². The Morgan fingerprint density at radius 2 is 1.85 bits per heavy atom. The average Bonchev–Trinajstić information content (AvgIpc) is 2.36. The summed E-state index contributed by atoms with van der Waals surface area (Å²) in [7, 11) is 1.54. The first-order valence-corrected chi connectivity index (χ1v) is 7.16. The fourth-order valence-corrected chi connectivity index (χ4v) is 2.64. The molecule has 1 atom stereocenters. The summed E-state index contributed by atoms with van der Waals surface area (Å²) >= 11 is 1.13. The topological polar surface area (TPSA) is 92.2 Å². The fraction of sp³-hybridized carbons (Fsp3) is 0.538. The molecule has 110 valence electrons. The number of carboxylic acid groups (broad SMARTS) is 1. The lowest BCUT2D eigenvalue weighted by Crippen LogP contribution is -2.27. The van der Waals surface area contributed by atoms with Crippen LogP contribution in [0.3, 0.4) is 0 Å². The van der Waals surface area contributed by atoms with Crippen LogP contribution in [-0.4, -0.2) is 39.2 Å². The van der Waals surface area contributed by atoms with Crippen LogP contribution in [0.1, 0.15) is 48.6 Å². The van der Waals surface area contributed by atoms with E-state index in [0.717, 1.165) is 11.8 Å². The van der Waals surface area contributed by atoms with Gasteiger partial charge in [0.05, 0.1) is 10.9 Å². The monoisotopic (exact) mass is 297 g/mol. The van der Waals surface area contributed by atoms with Crippen molar-refractivity contribution in [3.8, 4) is 0 Å². The number of carbonyl (C=O) groups is 2. The van der Waals surface area contributed by atoms with Crippen molar-refractivity contribution in [3.63, 3.8) is 0 Å². The second kappa shape index (κ2) is 6.69. The first-order chi connectivity index (χ1) is 9.27. The Bertz CT molecular complexity index is 532. The number of nitrogens with one attached hydrogen (secondary N) is 1. The second-order valence-electron chi connectivity index (χ2n) is 4.68. The highest BCUT2D eigenvalue weighted by Crippen LogP contribution is 2.28. The van der Waals surface area contributed by atoms with Gasteiger partial charge in [-0.05, 0) is 13.8 Å². The van der Waals surface area contributed by atoms with E-state index in [1.807, 2.05) is 13.8 Å². The van der Waals surface area contributed by atoms with E-state index in [-0.39, 0.29) is 17.4 Å². The van der Waals surface area contributed by atoms with Crippen LogP contribution in [0.5, 0.6) is 0 Å². The van der Waals surface area contributed by atoms with Gasteiger partial charge in [0, 0.05) is 13.0 Å². The zero-order valence-corrected chi connectivity index (χ0v) is 13.0. The highest BCUT2D eigenvalue weighted by atomic mass is 32.2. The van der Waals surface area contributed by atoms with Crippen LogP contribution < -0.4 is 5.32 Å². The van der Waals surface area contributed by atoms with E-state index in [1.54, 1.807) is 20.9 Å². The SMILES string of the molecule is CNC(=O)C(C)Sc1nc(C(C)C)nc(C)c1C(=O)O. The van der Waals surface area contributed by atoms with Crippen LogP contribution in [0.4, 0.5) is 0 Å². The second-order valence-corrected chi connectivity index (χ2v) is 6.01. The number of aryl methyl sites for hydroxylation is 1. The highest BCUT2D eigenvalue weighted by Gasteiger charge is 2.23. The predicted molar refractivity (Wildman–Crippen MR) is 77.2 cm³/mol. The zero-order chi connectivity index (χ0) is 15.4. The molecule has 2 N–H and O–H groups in total. The van der Waals surface area contributed by atoms with Crippen LogP contribution in [-0.2, 0) is 4.79 Å². The Morgan fingerprint density at radius 1 is 1.25 bits per heavy atom. The number of nitrogens with zero attached hydrogens (tertiary/aromatic N) is 2. The van der Waals surface area contributed by atoms with Crippen molar-refractivity contribution >= 4 is 23.6 Å². The molecule has 1 rings (SSSR count). The lowest BCUT2D eigenvalue weighted by Gasteiger charge is -2.14. The molecule has 1 amide bonds. The Labute approximate surface area is 122 Å². The van der Waals surface area contributed by atoms with Crippen molar-refractivity contribution in [2.24, 2.45) is 0 Å². The minimum absolute atomic E-state index is 0.0650. The summed E-state index contributed by atoms with van der Waals surface area (Å²) < 4.78 is 0. The Morgan fingerprint density at radius 3 is 2.30 bits per heavy atom. The van der Waals surface area contributed by atoms with Gasteiger partial charge in [0.15, 0.2) is 0 Å². The molecule has 0 saturated carbocycles. The molecule has 0 fully saturated rings. The molecule has 1 heterocycles. The quantitative estimate of drug-likeness (QED) is 0.636. The number of hydrogen-bond donors (Lipinski definition) is 2. The van der Waals surface area contributed by atoms with Gasteiger partial charge in [0.2, 0.25) is 5.91 Å². The van der Waals surface area contributed by atoms with Gasteiger partial charge in [-0.3, -0.25) is 4.79 Å². The van der Waals surface area contributed by atoms with Gasteiger partial charge < -0.3 is 10.4 Å². The molecular weight excluding hydrogens is 278 g/mol. The van der Waals surface area contributed by atoms with E-state index in [2.05, 4.69) is 15.3 Å². The molecule has 0 saturated heterocycles. The maximum atomic E-state index is 11.6. The molecule has 0 aliphatic rings. The maximum Gasteiger partial charge on any atom is 0.340 e. The molecular formula is C13H19N3O3S. The molecule has 1 aromatic heterocycles. The zero-order valence-electron chi connectivity index (χ0n) is 12.2.